The van der Waals surface area contributed by atoms with Gasteiger partial charge in [-0.05, 0) is 48.9 Å². The van der Waals surface area contributed by atoms with Crippen molar-refractivity contribution in [3.05, 3.63) is 88.8 Å². The number of hydrogen-bond donors (Lipinski definition) is 0. The zero-order valence-electron chi connectivity index (χ0n) is 14.1. The molecule has 6 heteroatoms. The number of halogens is 1. The van der Waals surface area contributed by atoms with Gasteiger partial charge in [-0.3, -0.25) is 4.79 Å². The van der Waals surface area contributed by atoms with Crippen molar-refractivity contribution in [3.63, 3.8) is 0 Å². The maximum atomic E-state index is 13.2. The lowest BCUT2D eigenvalue weighted by molar-refractivity contribution is 0.0954. The van der Waals surface area contributed by atoms with Gasteiger partial charge in [0.2, 0.25) is 0 Å². The third-order valence-electron chi connectivity index (χ3n) is 4.13. The summed E-state index contributed by atoms with van der Waals surface area (Å²) in [6.45, 7) is 1.88. The van der Waals surface area contributed by atoms with E-state index >= 15 is 0 Å². The lowest BCUT2D eigenvalue weighted by Gasteiger charge is -2.18. The number of furan rings is 1. The Morgan fingerprint density at radius 3 is 2.27 bits per heavy atom. The number of ketones is 1. The third kappa shape index (κ3) is 3.89. The molecule has 0 aliphatic heterocycles. The summed E-state index contributed by atoms with van der Waals surface area (Å²) in [5, 5.41) is -0.530. The van der Waals surface area contributed by atoms with Crippen LogP contribution in [-0.4, -0.2) is 14.2 Å². The molecule has 134 valence electrons. The minimum Gasteiger partial charge on any atom is -0.461 e. The quantitative estimate of drug-likeness (QED) is 0.555. The van der Waals surface area contributed by atoms with E-state index in [-0.39, 0.29) is 22.9 Å². The standard InChI is InChI=1S/C20H17ClO4S/c1-14-4-10-17(11-5-14)26(23,24)20(15-6-8-16(21)9-7-15)13-18(22)19-3-2-12-25-19/h2-12,20H,13H2,1H3/t20-/m1/s1. The first kappa shape index (κ1) is 18.4. The van der Waals surface area contributed by atoms with Gasteiger partial charge in [0.15, 0.2) is 21.4 Å². The highest BCUT2D eigenvalue weighted by Gasteiger charge is 2.32. The second-order valence-electron chi connectivity index (χ2n) is 6.00. The van der Waals surface area contributed by atoms with E-state index in [2.05, 4.69) is 0 Å². The highest BCUT2D eigenvalue weighted by molar-refractivity contribution is 7.91. The molecule has 0 spiro atoms. The summed E-state index contributed by atoms with van der Waals surface area (Å²) in [7, 11) is -3.78. The van der Waals surface area contributed by atoms with Gasteiger partial charge >= 0.3 is 0 Å². The summed E-state index contributed by atoms with van der Waals surface area (Å²) in [6, 6.07) is 16.2. The Morgan fingerprint density at radius 1 is 1.04 bits per heavy atom. The molecule has 1 aromatic heterocycles. The number of benzene rings is 2. The van der Waals surface area contributed by atoms with Crippen molar-refractivity contribution >= 4 is 27.2 Å². The zero-order chi connectivity index (χ0) is 18.7. The molecule has 0 amide bonds. The molecule has 0 saturated heterocycles. The largest absolute Gasteiger partial charge is 0.461 e. The van der Waals surface area contributed by atoms with Crippen LogP contribution in [0.2, 0.25) is 5.02 Å². The van der Waals surface area contributed by atoms with E-state index < -0.39 is 15.1 Å². The Labute approximate surface area is 157 Å². The number of sulfone groups is 1. The van der Waals surface area contributed by atoms with Crippen LogP contribution in [0.4, 0.5) is 0 Å². The van der Waals surface area contributed by atoms with Crippen molar-refractivity contribution < 1.29 is 17.6 Å². The summed E-state index contributed by atoms with van der Waals surface area (Å²) >= 11 is 5.92. The number of carbonyl (C=O) groups is 1. The molecule has 0 N–H and O–H groups in total. The molecule has 0 unspecified atom stereocenters. The molecule has 4 nitrogen and oxygen atoms in total. The van der Waals surface area contributed by atoms with Crippen LogP contribution in [0.25, 0.3) is 0 Å². The summed E-state index contributed by atoms with van der Waals surface area (Å²) in [5.74, 6) is -0.228. The SMILES string of the molecule is Cc1ccc(S(=O)(=O)[C@H](CC(=O)c2ccco2)c2ccc(Cl)cc2)cc1. The molecule has 0 aliphatic carbocycles. The number of aryl methyl sites for hydroxylation is 1. The Balaban J connectivity index is 2.03. The van der Waals surface area contributed by atoms with Gasteiger partial charge in [0.05, 0.1) is 16.4 Å². The van der Waals surface area contributed by atoms with Gasteiger partial charge in [0.1, 0.15) is 0 Å². The van der Waals surface area contributed by atoms with Gasteiger partial charge in [0, 0.05) is 11.4 Å². The molecule has 26 heavy (non-hydrogen) atoms. The smallest absolute Gasteiger partial charge is 0.199 e. The number of rotatable bonds is 6. The number of Topliss-reactive ketones (excluding diaryl/α,β-unsaturated/α-hetero) is 1. The number of carbonyl (C=O) groups excluding carboxylic acids is 1. The Morgan fingerprint density at radius 2 is 1.69 bits per heavy atom. The molecular formula is C20H17ClO4S. The van der Waals surface area contributed by atoms with Crippen molar-refractivity contribution in [3.8, 4) is 0 Å². The predicted octanol–water partition coefficient (Wildman–Crippen LogP) is 5.03. The lowest BCUT2D eigenvalue weighted by atomic mass is 10.1. The van der Waals surface area contributed by atoms with Crippen LogP contribution in [0.15, 0.2) is 76.2 Å². The molecule has 0 radical (unpaired) electrons. The predicted molar refractivity (Wildman–Crippen MR) is 100 cm³/mol. The van der Waals surface area contributed by atoms with E-state index in [1.807, 2.05) is 6.92 Å². The number of hydrogen-bond acceptors (Lipinski definition) is 4. The van der Waals surface area contributed by atoms with E-state index in [9.17, 15) is 13.2 Å². The summed E-state index contributed by atoms with van der Waals surface area (Å²) < 4.78 is 31.6. The third-order valence-corrected chi connectivity index (χ3v) is 6.50. The van der Waals surface area contributed by atoms with E-state index in [4.69, 9.17) is 16.0 Å². The van der Waals surface area contributed by atoms with Crippen molar-refractivity contribution in [1.29, 1.82) is 0 Å². The molecule has 0 bridgehead atoms. The second-order valence-corrected chi connectivity index (χ2v) is 8.57. The van der Waals surface area contributed by atoms with Crippen molar-refractivity contribution in [2.24, 2.45) is 0 Å². The fraction of sp³-hybridized carbons (Fsp3) is 0.150. The van der Waals surface area contributed by atoms with Crippen LogP contribution in [0.5, 0.6) is 0 Å². The van der Waals surface area contributed by atoms with Crippen LogP contribution < -0.4 is 0 Å². The van der Waals surface area contributed by atoms with Crippen molar-refractivity contribution in [1.82, 2.24) is 0 Å². The van der Waals surface area contributed by atoms with Crippen LogP contribution in [0.1, 0.15) is 33.4 Å². The molecule has 1 heterocycles. The average molecular weight is 389 g/mol. The molecule has 0 saturated carbocycles. The molecular weight excluding hydrogens is 372 g/mol. The topological polar surface area (TPSA) is 64.3 Å². The maximum Gasteiger partial charge on any atom is 0.199 e. The maximum absolute atomic E-state index is 13.2. The normalized spacial score (nSPS) is 12.7. The van der Waals surface area contributed by atoms with Crippen molar-refractivity contribution in [2.75, 3.05) is 0 Å². The van der Waals surface area contributed by atoms with Crippen molar-refractivity contribution in [2.45, 2.75) is 23.5 Å². The molecule has 0 aliphatic rings. The average Bonchev–Trinajstić information content (AvgIpc) is 3.15. The Kier molecular flexibility index (Phi) is 5.30. The highest BCUT2D eigenvalue weighted by Crippen LogP contribution is 2.33. The molecule has 3 rings (SSSR count). The van der Waals surface area contributed by atoms with Crippen LogP contribution in [0, 0.1) is 6.92 Å². The fourth-order valence-electron chi connectivity index (χ4n) is 2.68. The highest BCUT2D eigenvalue weighted by atomic mass is 35.5. The van der Waals surface area contributed by atoms with Crippen LogP contribution >= 0.6 is 11.6 Å². The first-order chi connectivity index (χ1) is 12.4. The summed E-state index contributed by atoms with van der Waals surface area (Å²) in [5.41, 5.74) is 1.47. The second kappa shape index (κ2) is 7.48. The van der Waals surface area contributed by atoms with Crippen LogP contribution in [0.3, 0.4) is 0 Å². The zero-order valence-corrected chi connectivity index (χ0v) is 15.6. The van der Waals surface area contributed by atoms with E-state index in [1.165, 1.54) is 12.3 Å². The minimum atomic E-state index is -3.78. The molecule has 1 atom stereocenters. The molecule has 3 aromatic rings. The van der Waals surface area contributed by atoms with Gasteiger partial charge in [0.25, 0.3) is 0 Å². The lowest BCUT2D eigenvalue weighted by Crippen LogP contribution is -2.18. The molecule has 2 aromatic carbocycles. The monoisotopic (exact) mass is 388 g/mol. The molecule has 0 fully saturated rings. The summed E-state index contributed by atoms with van der Waals surface area (Å²) in [4.78, 5) is 12.7. The van der Waals surface area contributed by atoms with E-state index in [0.29, 0.717) is 10.6 Å². The fourth-order valence-corrected chi connectivity index (χ4v) is 4.54. The van der Waals surface area contributed by atoms with E-state index in [1.54, 1.807) is 54.6 Å². The van der Waals surface area contributed by atoms with Gasteiger partial charge < -0.3 is 4.42 Å². The van der Waals surface area contributed by atoms with Gasteiger partial charge in [-0.2, -0.15) is 0 Å². The van der Waals surface area contributed by atoms with Gasteiger partial charge in [-0.25, -0.2) is 8.42 Å². The first-order valence-corrected chi connectivity index (χ1v) is 9.93. The Bertz CT molecular complexity index is 989. The Hall–Kier alpha value is -2.37. The first-order valence-electron chi connectivity index (χ1n) is 8.00. The van der Waals surface area contributed by atoms with Gasteiger partial charge in [-0.1, -0.05) is 41.4 Å². The van der Waals surface area contributed by atoms with E-state index in [0.717, 1.165) is 5.56 Å². The minimum absolute atomic E-state index is 0.142. The van der Waals surface area contributed by atoms with Crippen LogP contribution in [-0.2, 0) is 9.84 Å². The summed E-state index contributed by atoms with van der Waals surface area (Å²) in [6.07, 6.45) is 1.17. The van der Waals surface area contributed by atoms with Gasteiger partial charge in [-0.15, -0.1) is 0 Å².